The third-order valence-electron chi connectivity index (χ3n) is 6.37. The van der Waals surface area contributed by atoms with E-state index in [9.17, 15) is 18.0 Å². The summed E-state index contributed by atoms with van der Waals surface area (Å²) in [5.74, 6) is -0.628. The Kier molecular flexibility index (Phi) is 12.4. The van der Waals surface area contributed by atoms with Crippen molar-refractivity contribution in [2.45, 2.75) is 51.7 Å². The van der Waals surface area contributed by atoms with Crippen molar-refractivity contribution in [2.75, 3.05) is 17.1 Å². The number of hydrogen-bond donors (Lipinski definition) is 1. The summed E-state index contributed by atoms with van der Waals surface area (Å²) in [6, 6.07) is 18.0. The van der Waals surface area contributed by atoms with Crippen molar-refractivity contribution in [3.63, 3.8) is 0 Å². The number of carbonyl (C=O) groups is 2. The van der Waals surface area contributed by atoms with Crippen LogP contribution in [0, 0.1) is 0 Å². The van der Waals surface area contributed by atoms with Crippen LogP contribution in [0.25, 0.3) is 0 Å². The first kappa shape index (κ1) is 34.0. The van der Waals surface area contributed by atoms with Crippen LogP contribution in [0.15, 0.2) is 66.7 Å². The van der Waals surface area contributed by atoms with Crippen molar-refractivity contribution in [1.82, 2.24) is 10.2 Å². The maximum atomic E-state index is 13.9. The number of benzene rings is 3. The van der Waals surface area contributed by atoms with E-state index in [4.69, 9.17) is 46.4 Å². The van der Waals surface area contributed by atoms with Crippen LogP contribution in [0.3, 0.4) is 0 Å². The second kappa shape index (κ2) is 15.3. The van der Waals surface area contributed by atoms with Crippen LogP contribution in [-0.2, 0) is 32.6 Å². The summed E-state index contributed by atoms with van der Waals surface area (Å²) in [6.07, 6.45) is 1.47. The molecule has 7 nitrogen and oxygen atoms in total. The Labute approximate surface area is 267 Å². The Bertz CT molecular complexity index is 1500. The second-order valence-electron chi connectivity index (χ2n) is 10.2. The fourth-order valence-electron chi connectivity index (χ4n) is 4.43. The molecule has 0 heterocycles. The molecule has 3 rings (SSSR count). The van der Waals surface area contributed by atoms with Crippen molar-refractivity contribution >= 4 is 73.9 Å². The fourth-order valence-corrected chi connectivity index (χ4v) is 6.15. The van der Waals surface area contributed by atoms with Gasteiger partial charge in [-0.1, -0.05) is 82.8 Å². The van der Waals surface area contributed by atoms with Crippen molar-refractivity contribution in [3.8, 4) is 0 Å². The van der Waals surface area contributed by atoms with Gasteiger partial charge in [0.1, 0.15) is 6.04 Å². The lowest BCUT2D eigenvalue weighted by atomic mass is 10.0. The molecule has 0 aromatic heterocycles. The Morgan fingerprint density at radius 3 is 2.14 bits per heavy atom. The summed E-state index contributed by atoms with van der Waals surface area (Å²) in [5.41, 5.74) is 1.80. The molecule has 12 heteroatoms. The number of rotatable bonds is 13. The van der Waals surface area contributed by atoms with Gasteiger partial charge in [-0.2, -0.15) is 0 Å². The lowest BCUT2D eigenvalue weighted by Crippen LogP contribution is -2.51. The third kappa shape index (κ3) is 9.78. The van der Waals surface area contributed by atoms with Gasteiger partial charge in [0, 0.05) is 37.0 Å². The SMILES string of the molecule is CC(C)NC(=O)[C@H](Cc1ccccc1)N(Cc1ccc(Cl)c(Cl)c1)C(=O)CCCN(c1cc(Cl)ccc1Cl)S(C)(=O)=O. The van der Waals surface area contributed by atoms with E-state index in [0.29, 0.717) is 20.6 Å². The highest BCUT2D eigenvalue weighted by molar-refractivity contribution is 7.92. The molecule has 0 saturated heterocycles. The van der Waals surface area contributed by atoms with E-state index < -0.39 is 16.1 Å². The largest absolute Gasteiger partial charge is 0.352 e. The first-order valence-electron chi connectivity index (χ1n) is 13.3. The third-order valence-corrected chi connectivity index (χ3v) is 8.84. The molecule has 3 aromatic carbocycles. The van der Waals surface area contributed by atoms with Gasteiger partial charge in [0.05, 0.1) is 27.0 Å². The molecule has 0 bridgehead atoms. The number of hydrogen-bond acceptors (Lipinski definition) is 4. The van der Waals surface area contributed by atoms with Gasteiger partial charge in [0.15, 0.2) is 0 Å². The highest BCUT2D eigenvalue weighted by Crippen LogP contribution is 2.31. The molecular weight excluding hydrogens is 640 g/mol. The maximum absolute atomic E-state index is 13.9. The summed E-state index contributed by atoms with van der Waals surface area (Å²) in [7, 11) is -3.74. The van der Waals surface area contributed by atoms with E-state index in [-0.39, 0.29) is 60.9 Å². The van der Waals surface area contributed by atoms with Crippen LogP contribution in [0.4, 0.5) is 5.69 Å². The van der Waals surface area contributed by atoms with Crippen LogP contribution in [0.1, 0.15) is 37.8 Å². The molecule has 0 aliphatic carbocycles. The monoisotopic (exact) mass is 671 g/mol. The summed E-state index contributed by atoms with van der Waals surface area (Å²) in [5, 5.41) is 4.18. The van der Waals surface area contributed by atoms with Gasteiger partial charge in [0.25, 0.3) is 0 Å². The molecule has 0 aliphatic heterocycles. The predicted octanol–water partition coefficient (Wildman–Crippen LogP) is 7.01. The molecule has 1 atom stereocenters. The van der Waals surface area contributed by atoms with Crippen molar-refractivity contribution in [3.05, 3.63) is 97.9 Å². The van der Waals surface area contributed by atoms with Gasteiger partial charge in [-0.15, -0.1) is 0 Å². The summed E-state index contributed by atoms with van der Waals surface area (Å²) >= 11 is 24.8. The molecule has 0 unspecified atom stereocenters. The fraction of sp³-hybridized carbons (Fsp3) is 0.333. The van der Waals surface area contributed by atoms with E-state index in [1.165, 1.54) is 17.0 Å². The number of nitrogens with zero attached hydrogens (tertiary/aromatic N) is 2. The Morgan fingerprint density at radius 2 is 1.52 bits per heavy atom. The quantitative estimate of drug-likeness (QED) is 0.212. The lowest BCUT2D eigenvalue weighted by Gasteiger charge is -2.32. The Balaban J connectivity index is 1.92. The zero-order valence-corrected chi connectivity index (χ0v) is 27.3. The topological polar surface area (TPSA) is 86.8 Å². The molecule has 3 aromatic rings. The highest BCUT2D eigenvalue weighted by Gasteiger charge is 2.31. The zero-order valence-electron chi connectivity index (χ0n) is 23.5. The number of carbonyl (C=O) groups excluding carboxylic acids is 2. The minimum Gasteiger partial charge on any atom is -0.352 e. The maximum Gasteiger partial charge on any atom is 0.243 e. The molecule has 0 radical (unpaired) electrons. The summed E-state index contributed by atoms with van der Waals surface area (Å²) < 4.78 is 26.5. The molecule has 0 saturated carbocycles. The standard InChI is InChI=1S/C30H33Cl4N3O4S/c1-20(2)35-30(39)28(17-21-8-5-4-6-9-21)36(19-22-11-13-24(32)26(34)16-22)29(38)10-7-15-37(42(3,40)41)27-18-23(31)12-14-25(27)33/h4-6,8-9,11-14,16,18,20,28H,7,10,15,17,19H2,1-3H3,(H,35,39)/t28-/m0/s1. The van der Waals surface area contributed by atoms with Crippen LogP contribution in [0.2, 0.25) is 20.1 Å². The van der Waals surface area contributed by atoms with Crippen LogP contribution >= 0.6 is 46.4 Å². The van der Waals surface area contributed by atoms with E-state index in [2.05, 4.69) is 5.32 Å². The molecule has 0 spiro atoms. The first-order valence-corrected chi connectivity index (χ1v) is 16.6. The normalized spacial score (nSPS) is 12.2. The number of amides is 2. The van der Waals surface area contributed by atoms with Crippen molar-refractivity contribution in [2.24, 2.45) is 0 Å². The molecule has 42 heavy (non-hydrogen) atoms. The lowest BCUT2D eigenvalue weighted by molar-refractivity contribution is -0.141. The van der Waals surface area contributed by atoms with E-state index >= 15 is 0 Å². The number of anilines is 1. The van der Waals surface area contributed by atoms with Crippen LogP contribution < -0.4 is 9.62 Å². The van der Waals surface area contributed by atoms with E-state index in [1.54, 1.807) is 24.3 Å². The number of halogens is 4. The molecule has 226 valence electrons. The number of nitrogens with one attached hydrogen (secondary N) is 1. The minimum absolute atomic E-state index is 0.0210. The first-order chi connectivity index (χ1) is 19.8. The average molecular weight is 673 g/mol. The minimum atomic E-state index is -3.74. The molecule has 2 amide bonds. The van der Waals surface area contributed by atoms with Gasteiger partial charge < -0.3 is 10.2 Å². The Hall–Kier alpha value is -2.49. The smallest absolute Gasteiger partial charge is 0.243 e. The van der Waals surface area contributed by atoms with Crippen LogP contribution in [-0.4, -0.2) is 50.0 Å². The van der Waals surface area contributed by atoms with E-state index in [1.807, 2.05) is 44.2 Å². The van der Waals surface area contributed by atoms with Gasteiger partial charge in [-0.3, -0.25) is 13.9 Å². The summed E-state index contributed by atoms with van der Waals surface area (Å²) in [4.78, 5) is 28.9. The molecule has 1 N–H and O–H groups in total. The van der Waals surface area contributed by atoms with Crippen LogP contribution in [0.5, 0.6) is 0 Å². The molecular formula is C30H33Cl4N3O4S. The Morgan fingerprint density at radius 1 is 0.857 bits per heavy atom. The zero-order chi connectivity index (χ0) is 31.0. The predicted molar refractivity (Wildman–Crippen MR) is 172 cm³/mol. The van der Waals surface area contributed by atoms with Crippen molar-refractivity contribution in [1.29, 1.82) is 0 Å². The van der Waals surface area contributed by atoms with Gasteiger partial charge in [0.2, 0.25) is 21.8 Å². The van der Waals surface area contributed by atoms with Crippen molar-refractivity contribution < 1.29 is 18.0 Å². The molecule has 0 aliphatic rings. The van der Waals surface area contributed by atoms with Gasteiger partial charge >= 0.3 is 0 Å². The highest BCUT2D eigenvalue weighted by atomic mass is 35.5. The average Bonchev–Trinajstić information content (AvgIpc) is 2.91. The summed E-state index contributed by atoms with van der Waals surface area (Å²) in [6.45, 7) is 3.77. The number of sulfonamides is 1. The van der Waals surface area contributed by atoms with Gasteiger partial charge in [-0.25, -0.2) is 8.42 Å². The molecule has 0 fully saturated rings. The van der Waals surface area contributed by atoms with Gasteiger partial charge in [-0.05, 0) is 61.7 Å². The van der Waals surface area contributed by atoms with E-state index in [0.717, 1.165) is 16.1 Å². The second-order valence-corrected chi connectivity index (χ2v) is 13.7.